The van der Waals surface area contributed by atoms with Crippen molar-refractivity contribution in [1.29, 1.82) is 0 Å². The lowest BCUT2D eigenvalue weighted by Crippen LogP contribution is -2.56. The summed E-state index contributed by atoms with van der Waals surface area (Å²) in [7, 11) is 0. The van der Waals surface area contributed by atoms with Crippen molar-refractivity contribution in [3.63, 3.8) is 0 Å². The average Bonchev–Trinajstić information content (AvgIpc) is 3.99. The summed E-state index contributed by atoms with van der Waals surface area (Å²) in [5.41, 5.74) is 4.67. The molecule has 77 heavy (non-hydrogen) atoms. The van der Waals surface area contributed by atoms with Gasteiger partial charge in [-0.15, -0.1) is 36.4 Å². The van der Waals surface area contributed by atoms with Gasteiger partial charge in [-0.3, -0.25) is 9.59 Å². The van der Waals surface area contributed by atoms with Crippen LogP contribution < -0.4 is 9.47 Å². The van der Waals surface area contributed by atoms with Gasteiger partial charge in [-0.1, -0.05) is 99.6 Å². The Labute approximate surface area is 472 Å². The van der Waals surface area contributed by atoms with Crippen LogP contribution in [0.3, 0.4) is 0 Å². The molecule has 10 heteroatoms. The van der Waals surface area contributed by atoms with Crippen LogP contribution in [0.4, 0.5) is 0 Å². The van der Waals surface area contributed by atoms with Crippen molar-refractivity contribution in [1.82, 2.24) is 0 Å². The van der Waals surface area contributed by atoms with Crippen LogP contribution >= 0.6 is 23.2 Å². The summed E-state index contributed by atoms with van der Waals surface area (Å²) in [6.45, 7) is 24.3. The van der Waals surface area contributed by atoms with Crippen molar-refractivity contribution in [2.24, 2.45) is 69.0 Å². The van der Waals surface area contributed by atoms with E-state index in [2.05, 4.69) is 91.1 Å². The van der Waals surface area contributed by atoms with Gasteiger partial charge >= 0.3 is 11.9 Å². The lowest BCUT2D eigenvalue weighted by Gasteiger charge is -2.61. The summed E-state index contributed by atoms with van der Waals surface area (Å²) in [6, 6.07) is 15.2. The van der Waals surface area contributed by atoms with Gasteiger partial charge in [0.15, 0.2) is 0 Å². The standard InChI is InChI=1S/C32H44O4.C23H36O2.C11H12O2.CH2Cl2/c1-21(33)36-26-11-7-9-22(18-26)8-5-6-10-23-19-24-20-25(34)12-15-30(24,2)27-13-16-31(3)28(29(23)27)14-17-32(31,4)35;1-5-6-15-13-16-14-17(24)7-10-21(16,2)18-8-11-22(3)19(20(15)18)9-12-23(22,4)25;1-3-5-10-6-4-7-11(8-10)13-9(2)12;2-1-3/h5-7,9,11,18,20,23,25,27-29,34-35H,8,10,12-17,19H2,1-4H3;5,14-15,17-20,24-25H,1,6-13H2,2-4H3;3-4,6-8H,1,5H2,2H3;1H2/t23-,25+,27?,28?,29?,30+,31+,32+;15-,17+,18?,19?,20?,21+,22+,23+;;/m11../s1. The Morgan fingerprint density at radius 3 is 1.42 bits per heavy atom. The number of ether oxygens (including phenoxy) is 2. The highest BCUT2D eigenvalue weighted by Crippen LogP contribution is 2.71. The lowest BCUT2D eigenvalue weighted by atomic mass is 9.44. The smallest absolute Gasteiger partial charge is 0.308 e. The predicted molar refractivity (Wildman–Crippen MR) is 313 cm³/mol. The zero-order chi connectivity index (χ0) is 56.1. The largest absolute Gasteiger partial charge is 0.427 e. The topological polar surface area (TPSA) is 134 Å². The van der Waals surface area contributed by atoms with Crippen molar-refractivity contribution in [2.45, 2.75) is 194 Å². The third-order valence-electron chi connectivity index (χ3n) is 21.8. The Balaban J connectivity index is 0.000000181. The first-order valence-electron chi connectivity index (χ1n) is 29.2. The maximum absolute atomic E-state index is 11.4. The van der Waals surface area contributed by atoms with Crippen LogP contribution in [0.25, 0.3) is 0 Å². The molecule has 2 aromatic rings. The highest BCUT2D eigenvalue weighted by atomic mass is 35.5. The number of rotatable bonds is 10. The summed E-state index contributed by atoms with van der Waals surface area (Å²) in [5.74, 6) is 5.62. The molecule has 8 nitrogen and oxygen atoms in total. The molecule has 6 unspecified atom stereocenters. The third-order valence-corrected chi connectivity index (χ3v) is 21.8. The van der Waals surface area contributed by atoms with E-state index in [0.717, 1.165) is 107 Å². The van der Waals surface area contributed by atoms with Gasteiger partial charge in [0, 0.05) is 13.8 Å². The number of allylic oxidation sites excluding steroid dienone is 6. The summed E-state index contributed by atoms with van der Waals surface area (Å²) in [5, 5.41) is 43.4. The first kappa shape index (κ1) is 61.1. The fourth-order valence-electron chi connectivity index (χ4n) is 17.4. The first-order chi connectivity index (χ1) is 36.4. The molecule has 0 aromatic heterocycles. The number of halogens is 2. The van der Waals surface area contributed by atoms with Gasteiger partial charge in [-0.2, -0.15) is 0 Å². The minimum atomic E-state index is -0.574. The van der Waals surface area contributed by atoms with Gasteiger partial charge in [-0.05, 0) is 234 Å². The molecule has 8 aliphatic rings. The molecule has 424 valence electrons. The second-order valence-corrected chi connectivity index (χ2v) is 26.8. The Hall–Kier alpha value is -3.50. The molecule has 0 aliphatic heterocycles. The number of alkyl halides is 2. The molecule has 0 amide bonds. The zero-order valence-electron chi connectivity index (χ0n) is 47.9. The normalized spacial score (nSPS) is 39.2. The molecule has 0 spiro atoms. The van der Waals surface area contributed by atoms with Gasteiger partial charge in [0.05, 0.1) is 28.7 Å². The third kappa shape index (κ3) is 12.8. The van der Waals surface area contributed by atoms with Crippen LogP contribution in [-0.2, 0) is 22.4 Å². The van der Waals surface area contributed by atoms with Gasteiger partial charge in [0.1, 0.15) is 11.5 Å². The van der Waals surface area contributed by atoms with Crippen LogP contribution in [-0.4, -0.2) is 61.1 Å². The van der Waals surface area contributed by atoms with Crippen LogP contribution in [0.1, 0.15) is 169 Å². The van der Waals surface area contributed by atoms with Crippen LogP contribution in [0, 0.1) is 69.0 Å². The van der Waals surface area contributed by atoms with Crippen molar-refractivity contribution < 1.29 is 39.5 Å². The minimum absolute atomic E-state index is 0.000951. The Bertz CT molecular complexity index is 2490. The molecule has 0 radical (unpaired) electrons. The van der Waals surface area contributed by atoms with Gasteiger partial charge in [-0.25, -0.2) is 0 Å². The fourth-order valence-corrected chi connectivity index (χ4v) is 17.4. The van der Waals surface area contributed by atoms with E-state index in [1.54, 1.807) is 6.07 Å². The molecule has 2 aromatic carbocycles. The highest BCUT2D eigenvalue weighted by molar-refractivity contribution is 6.40. The number of carbonyl (C=O) groups is 2. The summed E-state index contributed by atoms with van der Waals surface area (Å²) >= 11 is 9.53. The maximum atomic E-state index is 11.4. The van der Waals surface area contributed by atoms with E-state index >= 15 is 0 Å². The van der Waals surface area contributed by atoms with E-state index in [1.165, 1.54) is 44.3 Å². The van der Waals surface area contributed by atoms with Crippen molar-refractivity contribution in [3.05, 3.63) is 120 Å². The molecule has 4 N–H and O–H groups in total. The molecule has 0 bridgehead atoms. The first-order valence-corrected chi connectivity index (χ1v) is 30.2. The fraction of sp³-hybridized carbons (Fsp3) is 0.642. The van der Waals surface area contributed by atoms with Crippen molar-refractivity contribution >= 4 is 35.1 Å². The van der Waals surface area contributed by atoms with E-state index in [1.807, 2.05) is 42.5 Å². The molecule has 6 fully saturated rings. The number of benzene rings is 2. The number of aliphatic hydroxyl groups excluding tert-OH is 2. The van der Waals surface area contributed by atoms with E-state index in [-0.39, 0.29) is 51.1 Å². The molecule has 8 aliphatic carbocycles. The zero-order valence-corrected chi connectivity index (χ0v) is 49.4. The van der Waals surface area contributed by atoms with E-state index in [4.69, 9.17) is 32.7 Å². The summed E-state index contributed by atoms with van der Waals surface area (Å²) in [6.07, 6.45) is 31.1. The molecular formula is C67H94Cl2O8. The number of esters is 2. The Kier molecular flexibility index (Phi) is 19.9. The second kappa shape index (κ2) is 25.1. The number of fused-ring (bicyclic) bond motifs is 10. The van der Waals surface area contributed by atoms with Crippen LogP contribution in [0.2, 0.25) is 0 Å². The van der Waals surface area contributed by atoms with E-state index in [9.17, 15) is 30.0 Å². The maximum Gasteiger partial charge on any atom is 0.308 e. The number of carbonyl (C=O) groups excluding carboxylic acids is 2. The van der Waals surface area contributed by atoms with E-state index in [0.29, 0.717) is 58.8 Å². The van der Waals surface area contributed by atoms with Gasteiger partial charge < -0.3 is 29.9 Å². The highest BCUT2D eigenvalue weighted by Gasteiger charge is 2.65. The van der Waals surface area contributed by atoms with Gasteiger partial charge in [0.2, 0.25) is 0 Å². The number of hydrogen-bond acceptors (Lipinski definition) is 8. The minimum Gasteiger partial charge on any atom is -0.427 e. The molecule has 0 saturated heterocycles. The van der Waals surface area contributed by atoms with E-state index < -0.39 is 11.2 Å². The van der Waals surface area contributed by atoms with Crippen molar-refractivity contribution in [2.75, 3.05) is 5.34 Å². The SMILES string of the molecule is C=CC[C@@H]1CC2=C[C@@H](O)CC[C@]2(C)C2CC[C@@]3(C)C(CC[C@]3(C)O)C21.C=CCc1cccc(OC(C)=O)c1.CC(=O)Oc1cccc(CC=CC[C@@H]2CC3=C[C@@H](O)CC[C@]3(C)C3CC[C@@]4(C)C(CC[C@]4(C)O)C32)c1.ClCCl. The lowest BCUT2D eigenvalue weighted by molar-refractivity contribution is -0.132. The predicted octanol–water partition coefficient (Wildman–Crippen LogP) is 15.0. The molecule has 16 atom stereocenters. The van der Waals surface area contributed by atoms with Crippen LogP contribution in [0.15, 0.2) is 109 Å². The molecule has 10 rings (SSSR count). The Morgan fingerprint density at radius 2 is 1.00 bits per heavy atom. The quantitative estimate of drug-likeness (QED) is 0.0800. The van der Waals surface area contributed by atoms with Gasteiger partial charge in [0.25, 0.3) is 0 Å². The van der Waals surface area contributed by atoms with Crippen LogP contribution in [0.5, 0.6) is 11.5 Å². The summed E-state index contributed by atoms with van der Waals surface area (Å²) < 4.78 is 10.2. The second-order valence-electron chi connectivity index (χ2n) is 26.0. The Morgan fingerprint density at radius 1 is 0.584 bits per heavy atom. The molecule has 6 saturated carbocycles. The number of aliphatic hydroxyl groups is 4. The average molecular weight is 1100 g/mol. The summed E-state index contributed by atoms with van der Waals surface area (Å²) in [4.78, 5) is 21.9. The van der Waals surface area contributed by atoms with Crippen molar-refractivity contribution in [3.8, 4) is 11.5 Å². The molecular weight excluding hydrogens is 1000 g/mol. The number of hydrogen-bond donors (Lipinski definition) is 4. The molecule has 0 heterocycles. The monoisotopic (exact) mass is 1100 g/mol.